The molecule has 2 rings (SSSR count). The van der Waals surface area contributed by atoms with Crippen LogP contribution in [0.1, 0.15) is 28.4 Å². The molecule has 2 heterocycles. The summed E-state index contributed by atoms with van der Waals surface area (Å²) >= 11 is 1.61. The van der Waals surface area contributed by atoms with E-state index >= 15 is 0 Å². The van der Waals surface area contributed by atoms with E-state index in [2.05, 4.69) is 11.1 Å². The fraction of sp³-hybridized carbons (Fsp3) is 0.500. The van der Waals surface area contributed by atoms with Crippen LogP contribution >= 0.6 is 11.3 Å². The molecule has 1 aliphatic rings. The van der Waals surface area contributed by atoms with E-state index in [-0.39, 0.29) is 0 Å². The predicted octanol–water partition coefficient (Wildman–Crippen LogP) is 2.85. The van der Waals surface area contributed by atoms with E-state index in [1.165, 1.54) is 10.5 Å². The lowest BCUT2D eigenvalue weighted by Gasteiger charge is -2.15. The van der Waals surface area contributed by atoms with Gasteiger partial charge in [-0.2, -0.15) is 5.26 Å². The van der Waals surface area contributed by atoms with E-state index in [0.29, 0.717) is 0 Å². The molecule has 16 heavy (non-hydrogen) atoms. The maximum atomic E-state index is 9.25. The summed E-state index contributed by atoms with van der Waals surface area (Å²) in [6.45, 7) is 5.48. The van der Waals surface area contributed by atoms with Gasteiger partial charge in [0.25, 0.3) is 0 Å². The second-order valence-electron chi connectivity index (χ2n) is 3.86. The quantitative estimate of drug-likeness (QED) is 0.702. The fourth-order valence-corrected chi connectivity index (χ4v) is 2.68. The number of rotatable bonds is 1. The molecule has 0 spiro atoms. The van der Waals surface area contributed by atoms with Crippen molar-refractivity contribution in [3.05, 3.63) is 21.2 Å². The van der Waals surface area contributed by atoms with Gasteiger partial charge in [0.2, 0.25) is 0 Å². The SMILES string of the molecule is Cc1nc(C(C#N)=C2CCOCC2)sc1C. The molecule has 0 aliphatic carbocycles. The number of hydrogen-bond acceptors (Lipinski definition) is 4. The molecule has 0 amide bonds. The minimum absolute atomic E-state index is 0.726. The zero-order chi connectivity index (χ0) is 11.5. The summed E-state index contributed by atoms with van der Waals surface area (Å²) in [5, 5.41) is 10.1. The third-order valence-corrected chi connectivity index (χ3v) is 3.89. The lowest BCUT2D eigenvalue weighted by atomic mass is 10.0. The summed E-state index contributed by atoms with van der Waals surface area (Å²) in [6, 6.07) is 2.30. The van der Waals surface area contributed by atoms with Crippen LogP contribution in [0.5, 0.6) is 0 Å². The van der Waals surface area contributed by atoms with Crippen molar-refractivity contribution in [2.24, 2.45) is 0 Å². The van der Waals surface area contributed by atoms with Gasteiger partial charge in [0.05, 0.1) is 24.5 Å². The van der Waals surface area contributed by atoms with E-state index in [0.717, 1.165) is 42.3 Å². The van der Waals surface area contributed by atoms with Gasteiger partial charge in [0.15, 0.2) is 0 Å². The standard InChI is InChI=1S/C12H14N2OS/c1-8-9(2)16-12(14-8)11(7-13)10-3-5-15-6-4-10/h3-6H2,1-2H3. The van der Waals surface area contributed by atoms with Crippen LogP contribution in [0, 0.1) is 25.2 Å². The monoisotopic (exact) mass is 234 g/mol. The second kappa shape index (κ2) is 4.77. The van der Waals surface area contributed by atoms with Crippen LogP contribution in [-0.2, 0) is 4.74 Å². The van der Waals surface area contributed by atoms with E-state index < -0.39 is 0 Å². The lowest BCUT2D eigenvalue weighted by Crippen LogP contribution is -2.08. The summed E-state index contributed by atoms with van der Waals surface area (Å²) in [6.07, 6.45) is 1.72. The minimum Gasteiger partial charge on any atom is -0.381 e. The highest BCUT2D eigenvalue weighted by atomic mass is 32.1. The van der Waals surface area contributed by atoms with Crippen LogP contribution in [-0.4, -0.2) is 18.2 Å². The summed E-state index contributed by atoms with van der Waals surface area (Å²) in [7, 11) is 0. The van der Waals surface area contributed by atoms with Crippen molar-refractivity contribution in [2.45, 2.75) is 26.7 Å². The summed E-state index contributed by atoms with van der Waals surface area (Å²) in [5.41, 5.74) is 2.99. The highest BCUT2D eigenvalue weighted by Gasteiger charge is 2.16. The molecule has 0 saturated carbocycles. The molecule has 0 aromatic carbocycles. The Hall–Kier alpha value is -1.18. The van der Waals surface area contributed by atoms with E-state index in [4.69, 9.17) is 4.74 Å². The van der Waals surface area contributed by atoms with Gasteiger partial charge >= 0.3 is 0 Å². The first-order valence-corrected chi connectivity index (χ1v) is 6.18. The zero-order valence-electron chi connectivity index (χ0n) is 9.54. The van der Waals surface area contributed by atoms with E-state index in [1.54, 1.807) is 11.3 Å². The third kappa shape index (κ3) is 2.16. The Kier molecular flexibility index (Phi) is 3.37. The second-order valence-corrected chi connectivity index (χ2v) is 5.07. The number of allylic oxidation sites excluding steroid dienone is 1. The largest absolute Gasteiger partial charge is 0.381 e. The van der Waals surface area contributed by atoms with Crippen molar-refractivity contribution < 1.29 is 4.74 Å². The molecular formula is C12H14N2OS. The molecule has 0 radical (unpaired) electrons. The molecular weight excluding hydrogens is 220 g/mol. The molecule has 1 aromatic heterocycles. The lowest BCUT2D eigenvalue weighted by molar-refractivity contribution is 0.119. The first-order valence-electron chi connectivity index (χ1n) is 5.36. The Balaban J connectivity index is 2.39. The zero-order valence-corrected chi connectivity index (χ0v) is 10.4. The predicted molar refractivity (Wildman–Crippen MR) is 64.2 cm³/mol. The fourth-order valence-electron chi connectivity index (χ4n) is 1.73. The van der Waals surface area contributed by atoms with Crippen molar-refractivity contribution in [3.63, 3.8) is 0 Å². The Bertz CT molecular complexity index is 440. The van der Waals surface area contributed by atoms with Crippen LogP contribution in [0.15, 0.2) is 5.57 Å². The van der Waals surface area contributed by atoms with Crippen molar-refractivity contribution in [1.29, 1.82) is 5.26 Å². The molecule has 3 nitrogen and oxygen atoms in total. The van der Waals surface area contributed by atoms with Gasteiger partial charge in [0, 0.05) is 4.88 Å². The molecule has 1 saturated heterocycles. The van der Waals surface area contributed by atoms with Gasteiger partial charge in [0.1, 0.15) is 11.1 Å². The smallest absolute Gasteiger partial charge is 0.134 e. The van der Waals surface area contributed by atoms with E-state index in [9.17, 15) is 5.26 Å². The van der Waals surface area contributed by atoms with Gasteiger partial charge in [-0.25, -0.2) is 4.98 Å². The molecule has 0 bridgehead atoms. The number of nitriles is 1. The number of thiazole rings is 1. The Labute approximate surface area is 99.4 Å². The highest BCUT2D eigenvalue weighted by Crippen LogP contribution is 2.29. The van der Waals surface area contributed by atoms with Gasteiger partial charge in [-0.3, -0.25) is 0 Å². The third-order valence-electron chi connectivity index (χ3n) is 2.80. The van der Waals surface area contributed by atoms with Crippen LogP contribution in [0.25, 0.3) is 5.57 Å². The molecule has 0 atom stereocenters. The first kappa shape index (κ1) is 11.3. The summed E-state index contributed by atoms with van der Waals surface area (Å²) in [5.74, 6) is 0. The van der Waals surface area contributed by atoms with Crippen LogP contribution < -0.4 is 0 Å². The number of ether oxygens (including phenoxy) is 1. The number of aryl methyl sites for hydroxylation is 2. The van der Waals surface area contributed by atoms with Gasteiger partial charge in [-0.15, -0.1) is 11.3 Å². The number of aromatic nitrogens is 1. The average molecular weight is 234 g/mol. The maximum absolute atomic E-state index is 9.25. The van der Waals surface area contributed by atoms with Gasteiger partial charge in [-0.1, -0.05) is 0 Å². The Morgan fingerprint density at radius 1 is 1.38 bits per heavy atom. The normalized spacial score (nSPS) is 15.9. The van der Waals surface area contributed by atoms with Crippen molar-refractivity contribution in [2.75, 3.05) is 13.2 Å². The van der Waals surface area contributed by atoms with E-state index in [1.807, 2.05) is 13.8 Å². The molecule has 1 aromatic rings. The molecule has 84 valence electrons. The topological polar surface area (TPSA) is 45.9 Å². The van der Waals surface area contributed by atoms with Gasteiger partial charge < -0.3 is 4.74 Å². The van der Waals surface area contributed by atoms with Crippen molar-refractivity contribution >= 4 is 16.9 Å². The van der Waals surface area contributed by atoms with Gasteiger partial charge in [-0.05, 0) is 32.3 Å². The maximum Gasteiger partial charge on any atom is 0.134 e. The first-order chi connectivity index (χ1) is 7.72. The molecule has 4 heteroatoms. The molecule has 0 N–H and O–H groups in total. The summed E-state index contributed by atoms with van der Waals surface area (Å²) < 4.78 is 5.30. The van der Waals surface area contributed by atoms with Crippen molar-refractivity contribution in [3.8, 4) is 6.07 Å². The Morgan fingerprint density at radius 2 is 2.06 bits per heavy atom. The van der Waals surface area contributed by atoms with Crippen LogP contribution in [0.4, 0.5) is 0 Å². The molecule has 1 aliphatic heterocycles. The average Bonchev–Trinajstić information content (AvgIpc) is 2.61. The summed E-state index contributed by atoms with van der Waals surface area (Å²) in [4.78, 5) is 5.64. The number of hydrogen-bond donors (Lipinski definition) is 0. The minimum atomic E-state index is 0.726. The highest BCUT2D eigenvalue weighted by molar-refractivity contribution is 7.12. The molecule has 0 unspecified atom stereocenters. The van der Waals surface area contributed by atoms with Crippen LogP contribution in [0.3, 0.4) is 0 Å². The molecule has 1 fully saturated rings. The van der Waals surface area contributed by atoms with Crippen molar-refractivity contribution in [1.82, 2.24) is 4.98 Å². The number of nitrogens with zero attached hydrogens (tertiary/aromatic N) is 2. The van der Waals surface area contributed by atoms with Crippen LogP contribution in [0.2, 0.25) is 0 Å². The Morgan fingerprint density at radius 3 is 2.56 bits per heavy atom.